The van der Waals surface area contributed by atoms with E-state index in [1.807, 2.05) is 0 Å². The molecule has 0 spiro atoms. The van der Waals surface area contributed by atoms with Crippen molar-refractivity contribution in [3.8, 4) is 11.5 Å². The van der Waals surface area contributed by atoms with Crippen molar-refractivity contribution < 1.29 is 27.5 Å². The van der Waals surface area contributed by atoms with Crippen molar-refractivity contribution in [1.29, 1.82) is 0 Å². The van der Waals surface area contributed by atoms with Gasteiger partial charge >= 0.3 is 0 Å². The van der Waals surface area contributed by atoms with Gasteiger partial charge in [-0.3, -0.25) is 9.59 Å². The summed E-state index contributed by atoms with van der Waals surface area (Å²) in [4.78, 5) is 25.5. The first-order valence-corrected chi connectivity index (χ1v) is 9.90. The van der Waals surface area contributed by atoms with Crippen LogP contribution in [0, 0.1) is 0 Å². The van der Waals surface area contributed by atoms with E-state index in [0.29, 0.717) is 30.2 Å². The molecule has 9 heteroatoms. The van der Waals surface area contributed by atoms with E-state index in [2.05, 4.69) is 5.32 Å². The number of anilines is 1. The van der Waals surface area contributed by atoms with E-state index in [-0.39, 0.29) is 42.6 Å². The average Bonchev–Trinajstić information content (AvgIpc) is 2.93. The Morgan fingerprint density at radius 2 is 2.24 bits per heavy atom. The van der Waals surface area contributed by atoms with Crippen molar-refractivity contribution in [2.45, 2.75) is 19.4 Å². The molecule has 136 valence electrons. The Bertz CT molecular complexity index is 792. The van der Waals surface area contributed by atoms with Crippen LogP contribution in [0.2, 0.25) is 0 Å². The molecular formula is C16H20N2O6S. The maximum absolute atomic E-state index is 12.5. The summed E-state index contributed by atoms with van der Waals surface area (Å²) in [7, 11) is -3.07. The number of amides is 2. The lowest BCUT2D eigenvalue weighted by atomic mass is 10.2. The van der Waals surface area contributed by atoms with Crippen LogP contribution in [0.3, 0.4) is 0 Å². The van der Waals surface area contributed by atoms with E-state index in [4.69, 9.17) is 9.47 Å². The quantitative estimate of drug-likeness (QED) is 0.809. The standard InChI is InChI=1S/C16H20N2O6S/c1-2-18(11-6-7-25(21,22)10-11)15(20)9-24-13-5-3-4-12-16(13)17-14(19)8-23-12/h3-5,11H,2,6-10H2,1H3,(H,17,19). The molecule has 3 rings (SSSR count). The molecule has 25 heavy (non-hydrogen) atoms. The molecular weight excluding hydrogens is 348 g/mol. The van der Waals surface area contributed by atoms with Gasteiger partial charge in [0.2, 0.25) is 0 Å². The van der Waals surface area contributed by atoms with E-state index >= 15 is 0 Å². The molecule has 1 fully saturated rings. The van der Waals surface area contributed by atoms with Crippen LogP contribution in [-0.4, -0.2) is 62.4 Å². The van der Waals surface area contributed by atoms with Gasteiger partial charge in [0.15, 0.2) is 23.1 Å². The zero-order valence-corrected chi connectivity index (χ0v) is 14.7. The average molecular weight is 368 g/mol. The molecule has 2 amide bonds. The topological polar surface area (TPSA) is 102 Å². The lowest BCUT2D eigenvalue weighted by Crippen LogP contribution is -2.43. The molecule has 2 aliphatic heterocycles. The van der Waals surface area contributed by atoms with Gasteiger partial charge < -0.3 is 19.7 Å². The number of nitrogens with one attached hydrogen (secondary N) is 1. The van der Waals surface area contributed by atoms with Crippen LogP contribution in [0.1, 0.15) is 13.3 Å². The number of para-hydroxylation sites is 1. The van der Waals surface area contributed by atoms with Gasteiger partial charge in [0.05, 0.1) is 11.5 Å². The fraction of sp³-hybridized carbons (Fsp3) is 0.500. The minimum Gasteiger partial charge on any atom is -0.481 e. The SMILES string of the molecule is CCN(C(=O)COc1cccc2c1NC(=O)CO2)C1CCS(=O)(=O)C1. The Balaban J connectivity index is 1.67. The Labute approximate surface area is 146 Å². The molecule has 1 aromatic carbocycles. The van der Waals surface area contributed by atoms with Gasteiger partial charge in [0.1, 0.15) is 17.2 Å². The second-order valence-corrected chi connectivity index (χ2v) is 8.22. The van der Waals surface area contributed by atoms with Crippen molar-refractivity contribution in [3.05, 3.63) is 18.2 Å². The molecule has 1 unspecified atom stereocenters. The minimum atomic E-state index is -3.07. The zero-order valence-electron chi connectivity index (χ0n) is 13.9. The number of carbonyl (C=O) groups is 2. The second-order valence-electron chi connectivity index (χ2n) is 5.99. The van der Waals surface area contributed by atoms with E-state index in [9.17, 15) is 18.0 Å². The molecule has 8 nitrogen and oxygen atoms in total. The lowest BCUT2D eigenvalue weighted by Gasteiger charge is -2.27. The van der Waals surface area contributed by atoms with Crippen LogP contribution in [0.25, 0.3) is 0 Å². The molecule has 2 aliphatic rings. The summed E-state index contributed by atoms with van der Waals surface area (Å²) < 4.78 is 34.1. The highest BCUT2D eigenvalue weighted by Gasteiger charge is 2.34. The first-order chi connectivity index (χ1) is 11.9. The number of hydrogen-bond acceptors (Lipinski definition) is 6. The number of fused-ring (bicyclic) bond motifs is 1. The van der Waals surface area contributed by atoms with E-state index < -0.39 is 9.84 Å². The largest absolute Gasteiger partial charge is 0.481 e. The van der Waals surface area contributed by atoms with Gasteiger partial charge in [0, 0.05) is 12.6 Å². The minimum absolute atomic E-state index is 0.00277. The van der Waals surface area contributed by atoms with E-state index in [1.165, 1.54) is 4.90 Å². The van der Waals surface area contributed by atoms with Crippen molar-refractivity contribution in [3.63, 3.8) is 0 Å². The fourth-order valence-corrected chi connectivity index (χ4v) is 4.81. The normalized spacial score (nSPS) is 21.0. The predicted molar refractivity (Wildman–Crippen MR) is 90.5 cm³/mol. The molecule has 1 N–H and O–H groups in total. The molecule has 0 aliphatic carbocycles. The van der Waals surface area contributed by atoms with Gasteiger partial charge in [-0.15, -0.1) is 0 Å². The highest BCUT2D eigenvalue weighted by atomic mass is 32.2. The summed E-state index contributed by atoms with van der Waals surface area (Å²) in [6.45, 7) is 1.92. The van der Waals surface area contributed by atoms with Gasteiger partial charge in [-0.1, -0.05) is 6.07 Å². The van der Waals surface area contributed by atoms with Crippen LogP contribution in [0.5, 0.6) is 11.5 Å². The maximum atomic E-state index is 12.5. The summed E-state index contributed by atoms with van der Waals surface area (Å²) in [5.41, 5.74) is 0.401. The molecule has 2 heterocycles. The van der Waals surface area contributed by atoms with E-state index in [1.54, 1.807) is 25.1 Å². The number of ether oxygens (including phenoxy) is 2. The number of nitrogens with zero attached hydrogens (tertiary/aromatic N) is 1. The van der Waals surface area contributed by atoms with Crippen molar-refractivity contribution >= 4 is 27.3 Å². The summed E-state index contributed by atoms with van der Waals surface area (Å²) in [6.07, 6.45) is 0.451. The fourth-order valence-electron chi connectivity index (χ4n) is 3.08. The summed E-state index contributed by atoms with van der Waals surface area (Å²) >= 11 is 0. The van der Waals surface area contributed by atoms with Gasteiger partial charge in [-0.25, -0.2) is 8.42 Å². The Hall–Kier alpha value is -2.29. The number of rotatable bonds is 5. The van der Waals surface area contributed by atoms with Crippen molar-refractivity contribution in [2.24, 2.45) is 0 Å². The molecule has 0 radical (unpaired) electrons. The lowest BCUT2D eigenvalue weighted by molar-refractivity contribution is -0.135. The Morgan fingerprint density at radius 3 is 2.92 bits per heavy atom. The third kappa shape index (κ3) is 3.87. The van der Waals surface area contributed by atoms with Crippen LogP contribution >= 0.6 is 0 Å². The maximum Gasteiger partial charge on any atom is 0.262 e. The molecule has 0 bridgehead atoms. The van der Waals surface area contributed by atoms with Gasteiger partial charge in [-0.2, -0.15) is 0 Å². The smallest absolute Gasteiger partial charge is 0.262 e. The third-order valence-corrected chi connectivity index (χ3v) is 6.02. The van der Waals surface area contributed by atoms with Gasteiger partial charge in [0.25, 0.3) is 11.8 Å². The highest BCUT2D eigenvalue weighted by molar-refractivity contribution is 7.91. The van der Waals surface area contributed by atoms with Crippen LogP contribution in [0.15, 0.2) is 18.2 Å². The number of hydrogen-bond donors (Lipinski definition) is 1. The molecule has 0 saturated carbocycles. The third-order valence-electron chi connectivity index (χ3n) is 4.27. The predicted octanol–water partition coefficient (Wildman–Crippen LogP) is 0.432. The van der Waals surface area contributed by atoms with Gasteiger partial charge in [-0.05, 0) is 25.5 Å². The van der Waals surface area contributed by atoms with E-state index in [0.717, 1.165) is 0 Å². The van der Waals surface area contributed by atoms with Crippen molar-refractivity contribution in [1.82, 2.24) is 4.90 Å². The van der Waals surface area contributed by atoms with Crippen LogP contribution in [-0.2, 0) is 19.4 Å². The molecule has 1 aromatic rings. The summed E-state index contributed by atoms with van der Waals surface area (Å²) in [5.74, 6) is 0.356. The first-order valence-electron chi connectivity index (χ1n) is 8.08. The number of benzene rings is 1. The monoisotopic (exact) mass is 368 g/mol. The Morgan fingerprint density at radius 1 is 1.44 bits per heavy atom. The number of sulfone groups is 1. The highest BCUT2D eigenvalue weighted by Crippen LogP contribution is 2.36. The molecule has 1 atom stereocenters. The summed E-state index contributed by atoms with van der Waals surface area (Å²) in [6, 6.07) is 4.73. The first kappa shape index (κ1) is 17.5. The summed E-state index contributed by atoms with van der Waals surface area (Å²) in [5, 5.41) is 2.67. The second kappa shape index (κ2) is 6.91. The van der Waals surface area contributed by atoms with Crippen LogP contribution < -0.4 is 14.8 Å². The number of likely N-dealkylation sites (N-methyl/N-ethyl adjacent to an activating group) is 1. The zero-order chi connectivity index (χ0) is 18.0. The Kier molecular flexibility index (Phi) is 4.85. The van der Waals surface area contributed by atoms with Crippen molar-refractivity contribution in [2.75, 3.05) is 36.6 Å². The molecule has 1 saturated heterocycles. The molecule has 0 aromatic heterocycles. The van der Waals surface area contributed by atoms with Crippen LogP contribution in [0.4, 0.5) is 5.69 Å². The number of carbonyl (C=O) groups excluding carboxylic acids is 2.